The predicted octanol–water partition coefficient (Wildman–Crippen LogP) is 2.39. The number of aromatic nitrogens is 2. The second-order valence-electron chi connectivity index (χ2n) is 5.68. The van der Waals surface area contributed by atoms with Gasteiger partial charge in [0.25, 0.3) is 0 Å². The van der Waals surface area contributed by atoms with Crippen LogP contribution in [0.15, 0.2) is 23.5 Å². The monoisotopic (exact) mass is 346 g/mol. The van der Waals surface area contributed by atoms with Crippen molar-refractivity contribution in [3.8, 4) is 11.5 Å². The number of benzene rings is 1. The van der Waals surface area contributed by atoms with Gasteiger partial charge >= 0.3 is 6.03 Å². The van der Waals surface area contributed by atoms with E-state index in [4.69, 9.17) is 9.47 Å². The fourth-order valence-electron chi connectivity index (χ4n) is 2.71. The van der Waals surface area contributed by atoms with E-state index in [1.165, 1.54) is 0 Å². The number of hydrogen-bond acceptors (Lipinski definition) is 5. The summed E-state index contributed by atoms with van der Waals surface area (Å²) < 4.78 is 13.2. The summed E-state index contributed by atoms with van der Waals surface area (Å²) in [6.07, 6.45) is 1.99. The first kappa shape index (κ1) is 15.2. The first-order chi connectivity index (χ1) is 11.7. The highest BCUT2D eigenvalue weighted by Crippen LogP contribution is 2.35. The van der Waals surface area contributed by atoms with E-state index in [0.717, 1.165) is 34.5 Å². The molecule has 0 unspecified atom stereocenters. The second-order valence-corrected chi connectivity index (χ2v) is 6.74. The summed E-state index contributed by atoms with van der Waals surface area (Å²) in [5, 5.41) is 6.71. The standard InChI is InChI=1S/C16H18N4O3S/c1-10-6-13-14(23-4-3-22-13)7-12(10)19-15(21)17-8-11-9-20-2-5-24-16(20)18-11/h6-7,9H,2-5,8H2,1H3,(H2,17,19,21). The van der Waals surface area contributed by atoms with Gasteiger partial charge in [-0.2, -0.15) is 0 Å². The van der Waals surface area contributed by atoms with Gasteiger partial charge < -0.3 is 24.7 Å². The average Bonchev–Trinajstić information content (AvgIpc) is 3.15. The van der Waals surface area contributed by atoms with Gasteiger partial charge in [0.05, 0.1) is 12.2 Å². The van der Waals surface area contributed by atoms with Crippen LogP contribution in [0.25, 0.3) is 0 Å². The van der Waals surface area contributed by atoms with E-state index in [9.17, 15) is 4.79 Å². The highest BCUT2D eigenvalue weighted by atomic mass is 32.2. The lowest BCUT2D eigenvalue weighted by Crippen LogP contribution is -2.28. The van der Waals surface area contributed by atoms with Gasteiger partial charge in [-0.15, -0.1) is 0 Å². The van der Waals surface area contributed by atoms with Gasteiger partial charge in [0.1, 0.15) is 13.2 Å². The van der Waals surface area contributed by atoms with Crippen LogP contribution >= 0.6 is 11.8 Å². The summed E-state index contributed by atoms with van der Waals surface area (Å²) >= 11 is 1.74. The largest absolute Gasteiger partial charge is 0.486 e. The second kappa shape index (κ2) is 6.27. The molecule has 2 aromatic rings. The molecule has 2 aliphatic rings. The van der Waals surface area contributed by atoms with Crippen LogP contribution in [-0.4, -0.2) is 34.5 Å². The Morgan fingerprint density at radius 3 is 2.92 bits per heavy atom. The highest BCUT2D eigenvalue weighted by Gasteiger charge is 2.17. The zero-order chi connectivity index (χ0) is 16.5. The summed E-state index contributed by atoms with van der Waals surface area (Å²) in [5.41, 5.74) is 2.50. The summed E-state index contributed by atoms with van der Waals surface area (Å²) in [6, 6.07) is 3.41. The lowest BCUT2D eigenvalue weighted by atomic mass is 10.1. The Kier molecular flexibility index (Phi) is 3.97. The minimum Gasteiger partial charge on any atom is -0.486 e. The van der Waals surface area contributed by atoms with Crippen molar-refractivity contribution in [1.82, 2.24) is 14.9 Å². The van der Waals surface area contributed by atoms with Crippen LogP contribution in [0.3, 0.4) is 0 Å². The molecule has 0 aliphatic carbocycles. The number of nitrogens with one attached hydrogen (secondary N) is 2. The molecule has 8 heteroatoms. The molecule has 0 fully saturated rings. The van der Waals surface area contributed by atoms with E-state index >= 15 is 0 Å². The molecule has 1 aromatic heterocycles. The molecule has 0 atom stereocenters. The maximum atomic E-state index is 12.1. The van der Waals surface area contributed by atoms with Crippen molar-refractivity contribution < 1.29 is 14.3 Å². The van der Waals surface area contributed by atoms with Crippen LogP contribution in [0.2, 0.25) is 0 Å². The maximum absolute atomic E-state index is 12.1. The molecule has 4 rings (SSSR count). The molecular weight excluding hydrogens is 328 g/mol. The quantitative estimate of drug-likeness (QED) is 0.892. The van der Waals surface area contributed by atoms with Gasteiger partial charge in [-0.1, -0.05) is 11.8 Å². The Bertz CT molecular complexity index is 768. The molecule has 0 radical (unpaired) electrons. The van der Waals surface area contributed by atoms with Crippen molar-refractivity contribution in [3.63, 3.8) is 0 Å². The molecule has 0 saturated heterocycles. The Hall–Kier alpha value is -2.35. The van der Waals surface area contributed by atoms with Crippen LogP contribution in [0.5, 0.6) is 11.5 Å². The maximum Gasteiger partial charge on any atom is 0.319 e. The van der Waals surface area contributed by atoms with E-state index in [0.29, 0.717) is 31.2 Å². The number of hydrogen-bond donors (Lipinski definition) is 2. The topological polar surface area (TPSA) is 77.4 Å². The van der Waals surface area contributed by atoms with Crippen molar-refractivity contribution in [2.24, 2.45) is 0 Å². The fourth-order valence-corrected chi connectivity index (χ4v) is 3.67. The van der Waals surface area contributed by atoms with E-state index in [1.54, 1.807) is 17.8 Å². The smallest absolute Gasteiger partial charge is 0.319 e. The SMILES string of the molecule is Cc1cc2c(cc1NC(=O)NCc1cn3c(n1)SCC3)OCCO2. The van der Waals surface area contributed by atoms with Crippen LogP contribution < -0.4 is 20.1 Å². The number of thioether (sulfide) groups is 1. The van der Waals surface area contributed by atoms with Gasteiger partial charge in [-0.05, 0) is 18.6 Å². The third kappa shape index (κ3) is 3.01. The summed E-state index contributed by atoms with van der Waals surface area (Å²) in [5.74, 6) is 2.44. The lowest BCUT2D eigenvalue weighted by molar-refractivity contribution is 0.171. The molecule has 7 nitrogen and oxygen atoms in total. The summed E-state index contributed by atoms with van der Waals surface area (Å²) in [7, 11) is 0. The average molecular weight is 346 g/mol. The fraction of sp³-hybridized carbons (Fsp3) is 0.375. The molecule has 2 amide bonds. The van der Waals surface area contributed by atoms with Crippen LogP contribution in [0, 0.1) is 6.92 Å². The Morgan fingerprint density at radius 1 is 1.33 bits per heavy atom. The predicted molar refractivity (Wildman–Crippen MR) is 91.0 cm³/mol. The number of carbonyl (C=O) groups is 1. The number of amides is 2. The number of anilines is 1. The van der Waals surface area contributed by atoms with E-state index in [2.05, 4.69) is 20.2 Å². The minimum absolute atomic E-state index is 0.268. The number of nitrogens with zero attached hydrogens (tertiary/aromatic N) is 2. The minimum atomic E-state index is -0.268. The van der Waals surface area contributed by atoms with Crippen molar-refractivity contribution in [1.29, 1.82) is 0 Å². The molecule has 2 aliphatic heterocycles. The van der Waals surface area contributed by atoms with Crippen LogP contribution in [0.4, 0.5) is 10.5 Å². The van der Waals surface area contributed by atoms with Crippen molar-refractivity contribution in [2.45, 2.75) is 25.2 Å². The van der Waals surface area contributed by atoms with Crippen LogP contribution in [-0.2, 0) is 13.1 Å². The van der Waals surface area contributed by atoms with Crippen molar-refractivity contribution in [3.05, 3.63) is 29.6 Å². The Labute approximate surface area is 143 Å². The van der Waals surface area contributed by atoms with Crippen molar-refractivity contribution >= 4 is 23.5 Å². The number of imidazole rings is 1. The summed E-state index contributed by atoms with van der Waals surface area (Å²) in [6.45, 7) is 4.37. The number of urea groups is 1. The highest BCUT2D eigenvalue weighted by molar-refractivity contribution is 7.99. The molecule has 3 heterocycles. The first-order valence-electron chi connectivity index (χ1n) is 7.83. The number of fused-ring (bicyclic) bond motifs is 2. The molecule has 0 saturated carbocycles. The van der Waals surface area contributed by atoms with Gasteiger partial charge in [-0.3, -0.25) is 0 Å². The number of carbonyl (C=O) groups excluding carboxylic acids is 1. The number of ether oxygens (including phenoxy) is 2. The molecule has 24 heavy (non-hydrogen) atoms. The third-order valence-corrected chi connectivity index (χ3v) is 4.89. The molecule has 0 bridgehead atoms. The van der Waals surface area contributed by atoms with Gasteiger partial charge in [0, 0.05) is 30.2 Å². The van der Waals surface area contributed by atoms with Gasteiger partial charge in [0.2, 0.25) is 0 Å². The molecule has 2 N–H and O–H groups in total. The first-order valence-corrected chi connectivity index (χ1v) is 8.81. The van der Waals surface area contributed by atoms with E-state index in [-0.39, 0.29) is 6.03 Å². The molecule has 0 spiro atoms. The zero-order valence-corrected chi connectivity index (χ0v) is 14.1. The lowest BCUT2D eigenvalue weighted by Gasteiger charge is -2.20. The van der Waals surface area contributed by atoms with E-state index in [1.807, 2.05) is 19.2 Å². The number of aryl methyl sites for hydroxylation is 2. The normalized spacial score (nSPS) is 15.0. The van der Waals surface area contributed by atoms with Crippen molar-refractivity contribution in [2.75, 3.05) is 24.3 Å². The zero-order valence-electron chi connectivity index (χ0n) is 13.3. The number of rotatable bonds is 3. The van der Waals surface area contributed by atoms with E-state index < -0.39 is 0 Å². The molecule has 126 valence electrons. The Morgan fingerprint density at radius 2 is 2.12 bits per heavy atom. The molecule has 1 aromatic carbocycles. The van der Waals surface area contributed by atoms with Gasteiger partial charge in [-0.25, -0.2) is 9.78 Å². The third-order valence-electron chi connectivity index (χ3n) is 3.92. The van der Waals surface area contributed by atoms with Crippen LogP contribution in [0.1, 0.15) is 11.3 Å². The summed E-state index contributed by atoms with van der Waals surface area (Å²) in [4.78, 5) is 16.6. The Balaban J connectivity index is 1.38. The van der Waals surface area contributed by atoms with Gasteiger partial charge in [0.15, 0.2) is 16.7 Å². The molecular formula is C16H18N4O3S.